The van der Waals surface area contributed by atoms with Crippen molar-refractivity contribution < 1.29 is 9.47 Å². The van der Waals surface area contributed by atoms with Crippen LogP contribution in [0.5, 0.6) is 11.5 Å². The number of hydrogen-bond acceptors (Lipinski definition) is 5. The summed E-state index contributed by atoms with van der Waals surface area (Å²) in [5, 5.41) is 9.78. The Balaban J connectivity index is 1.66. The lowest BCUT2D eigenvalue weighted by atomic mass is 10.1. The van der Waals surface area contributed by atoms with Crippen molar-refractivity contribution in [2.24, 2.45) is 0 Å². The first-order valence-corrected chi connectivity index (χ1v) is 10.8. The van der Waals surface area contributed by atoms with Crippen LogP contribution in [0.15, 0.2) is 53.1 Å². The lowest BCUT2D eigenvalue weighted by molar-refractivity contribution is 0.279. The fraction of sp³-hybridized carbons (Fsp3) is 0.160. The maximum atomic E-state index is 9.78. The Bertz CT molecular complexity index is 1320. The topological polar surface area (TPSA) is 83.8 Å². The van der Waals surface area contributed by atoms with E-state index in [1.165, 1.54) is 5.56 Å². The van der Waals surface area contributed by atoms with E-state index in [4.69, 9.17) is 9.47 Å². The second-order valence-electron chi connectivity index (χ2n) is 7.35. The van der Waals surface area contributed by atoms with Gasteiger partial charge in [0.15, 0.2) is 11.5 Å². The first-order chi connectivity index (χ1) is 15.5. The van der Waals surface area contributed by atoms with Gasteiger partial charge in [0.25, 0.3) is 0 Å². The van der Waals surface area contributed by atoms with E-state index >= 15 is 0 Å². The zero-order valence-corrected chi connectivity index (χ0v) is 19.5. The van der Waals surface area contributed by atoms with Gasteiger partial charge in [0.2, 0.25) is 0 Å². The fourth-order valence-electron chi connectivity index (χ4n) is 3.31. The van der Waals surface area contributed by atoms with Crippen molar-refractivity contribution in [1.29, 1.82) is 5.26 Å². The van der Waals surface area contributed by atoms with E-state index in [0.29, 0.717) is 34.0 Å². The largest absolute Gasteiger partial charge is 0.493 e. The summed E-state index contributed by atoms with van der Waals surface area (Å²) in [7, 11) is 1.58. The van der Waals surface area contributed by atoms with Crippen LogP contribution in [0.3, 0.4) is 0 Å². The number of aryl methyl sites for hydroxylation is 2. The molecule has 2 aromatic carbocycles. The number of allylic oxidation sites excluding steroid dienone is 1. The van der Waals surface area contributed by atoms with Crippen molar-refractivity contribution in [1.82, 2.24) is 15.0 Å². The number of fused-ring (bicyclic) bond motifs is 1. The number of pyridine rings is 1. The number of nitriles is 1. The Morgan fingerprint density at radius 3 is 2.72 bits per heavy atom. The van der Waals surface area contributed by atoms with Crippen molar-refractivity contribution in [3.05, 3.63) is 81.3 Å². The molecule has 0 fully saturated rings. The zero-order valence-electron chi connectivity index (χ0n) is 17.9. The second kappa shape index (κ2) is 9.25. The van der Waals surface area contributed by atoms with E-state index in [0.717, 1.165) is 27.9 Å². The number of ether oxygens (including phenoxy) is 2. The molecule has 0 aliphatic carbocycles. The SMILES string of the molecule is COc1cc(C=C(C#N)c2nc3cc(C)c(C)cc3[nH]2)cc(Br)c1OCc1ccccn1. The third kappa shape index (κ3) is 4.51. The van der Waals surface area contributed by atoms with Gasteiger partial charge in [-0.05, 0) is 88.9 Å². The molecular weight excluding hydrogens is 468 g/mol. The van der Waals surface area contributed by atoms with Crippen LogP contribution in [-0.4, -0.2) is 22.1 Å². The number of nitrogens with zero attached hydrogens (tertiary/aromatic N) is 3. The van der Waals surface area contributed by atoms with Crippen LogP contribution in [0, 0.1) is 25.2 Å². The average Bonchev–Trinajstić information content (AvgIpc) is 3.19. The maximum Gasteiger partial charge on any atom is 0.175 e. The summed E-state index contributed by atoms with van der Waals surface area (Å²) in [5.41, 5.74) is 6.09. The Labute approximate surface area is 194 Å². The van der Waals surface area contributed by atoms with E-state index in [-0.39, 0.29) is 0 Å². The fourth-order valence-corrected chi connectivity index (χ4v) is 3.88. The van der Waals surface area contributed by atoms with Crippen molar-refractivity contribution in [2.45, 2.75) is 20.5 Å². The van der Waals surface area contributed by atoms with Crippen LogP contribution >= 0.6 is 15.9 Å². The van der Waals surface area contributed by atoms with Gasteiger partial charge in [-0.15, -0.1) is 0 Å². The molecule has 0 unspecified atom stereocenters. The molecule has 0 aliphatic heterocycles. The van der Waals surface area contributed by atoms with Gasteiger partial charge in [-0.1, -0.05) is 6.07 Å². The number of methoxy groups -OCH3 is 1. The number of aromatic amines is 1. The Kier molecular flexibility index (Phi) is 6.24. The van der Waals surface area contributed by atoms with Crippen LogP contribution in [0.1, 0.15) is 28.2 Å². The lowest BCUT2D eigenvalue weighted by Crippen LogP contribution is -2.00. The molecule has 0 atom stereocenters. The maximum absolute atomic E-state index is 9.78. The van der Waals surface area contributed by atoms with E-state index < -0.39 is 0 Å². The smallest absolute Gasteiger partial charge is 0.175 e. The summed E-state index contributed by atoms with van der Waals surface area (Å²) in [4.78, 5) is 12.1. The second-order valence-corrected chi connectivity index (χ2v) is 8.21. The molecule has 0 aliphatic rings. The van der Waals surface area contributed by atoms with Gasteiger partial charge in [0.05, 0.1) is 33.9 Å². The van der Waals surface area contributed by atoms with Crippen LogP contribution in [0.25, 0.3) is 22.7 Å². The van der Waals surface area contributed by atoms with Gasteiger partial charge in [-0.3, -0.25) is 4.98 Å². The van der Waals surface area contributed by atoms with Gasteiger partial charge < -0.3 is 14.5 Å². The van der Waals surface area contributed by atoms with Crippen LogP contribution in [-0.2, 0) is 6.61 Å². The number of hydrogen-bond donors (Lipinski definition) is 1. The van der Waals surface area contributed by atoms with E-state index in [9.17, 15) is 5.26 Å². The molecule has 0 spiro atoms. The molecule has 0 amide bonds. The predicted octanol–water partition coefficient (Wildman–Crippen LogP) is 5.99. The van der Waals surface area contributed by atoms with Crippen molar-refractivity contribution in [2.75, 3.05) is 7.11 Å². The molecule has 4 aromatic rings. The van der Waals surface area contributed by atoms with Crippen LogP contribution in [0.4, 0.5) is 0 Å². The number of nitrogens with one attached hydrogen (secondary N) is 1. The minimum atomic E-state index is 0.312. The Morgan fingerprint density at radius 2 is 2.00 bits per heavy atom. The summed E-state index contributed by atoms with van der Waals surface area (Å²) in [6.07, 6.45) is 3.50. The quantitative estimate of drug-likeness (QED) is 0.337. The average molecular weight is 489 g/mol. The molecular formula is C25H21BrN4O2. The third-order valence-electron chi connectivity index (χ3n) is 5.13. The first-order valence-electron chi connectivity index (χ1n) is 9.98. The monoisotopic (exact) mass is 488 g/mol. The minimum absolute atomic E-state index is 0.312. The molecule has 160 valence electrons. The molecule has 0 saturated heterocycles. The first kappa shape index (κ1) is 21.6. The lowest BCUT2D eigenvalue weighted by Gasteiger charge is -2.13. The standard InChI is InChI=1S/C25H21BrN4O2/c1-15-8-21-22(9-16(15)2)30-25(29-21)18(13-27)10-17-11-20(26)24(23(12-17)31-3)32-14-19-6-4-5-7-28-19/h4-12H,14H2,1-3H3,(H,29,30). The van der Waals surface area contributed by atoms with Crippen molar-refractivity contribution in [3.8, 4) is 17.6 Å². The molecule has 1 N–H and O–H groups in total. The number of imidazole rings is 1. The summed E-state index contributed by atoms with van der Waals surface area (Å²) >= 11 is 3.56. The molecule has 2 aromatic heterocycles. The number of H-pyrrole nitrogens is 1. The van der Waals surface area contributed by atoms with Gasteiger partial charge in [0, 0.05) is 6.20 Å². The molecule has 4 rings (SSSR count). The highest BCUT2D eigenvalue weighted by Crippen LogP contribution is 2.38. The van der Waals surface area contributed by atoms with Crippen molar-refractivity contribution in [3.63, 3.8) is 0 Å². The van der Waals surface area contributed by atoms with Gasteiger partial charge >= 0.3 is 0 Å². The van der Waals surface area contributed by atoms with E-state index in [2.05, 4.69) is 43.9 Å². The molecule has 6 nitrogen and oxygen atoms in total. The Morgan fingerprint density at radius 1 is 1.19 bits per heavy atom. The van der Waals surface area contributed by atoms with E-state index in [1.807, 2.05) is 49.4 Å². The molecule has 2 heterocycles. The minimum Gasteiger partial charge on any atom is -0.493 e. The number of benzene rings is 2. The number of rotatable bonds is 6. The zero-order chi connectivity index (χ0) is 22.7. The molecule has 32 heavy (non-hydrogen) atoms. The van der Waals surface area contributed by atoms with E-state index in [1.54, 1.807) is 19.4 Å². The molecule has 0 radical (unpaired) electrons. The number of aromatic nitrogens is 3. The molecule has 0 bridgehead atoms. The normalized spacial score (nSPS) is 11.4. The Hall–Kier alpha value is -3.63. The predicted molar refractivity (Wildman–Crippen MR) is 128 cm³/mol. The molecule has 7 heteroatoms. The van der Waals surface area contributed by atoms with Crippen molar-refractivity contribution >= 4 is 38.6 Å². The number of halogens is 1. The third-order valence-corrected chi connectivity index (χ3v) is 5.72. The van der Waals surface area contributed by atoms with Crippen LogP contribution in [0.2, 0.25) is 0 Å². The highest BCUT2D eigenvalue weighted by Gasteiger charge is 2.14. The summed E-state index contributed by atoms with van der Waals surface area (Å²) in [6, 6.07) is 15.7. The highest BCUT2D eigenvalue weighted by molar-refractivity contribution is 9.10. The van der Waals surface area contributed by atoms with Gasteiger partial charge in [-0.25, -0.2) is 4.98 Å². The van der Waals surface area contributed by atoms with Gasteiger partial charge in [-0.2, -0.15) is 5.26 Å². The summed E-state index contributed by atoms with van der Waals surface area (Å²) in [6.45, 7) is 4.41. The summed E-state index contributed by atoms with van der Waals surface area (Å²) < 4.78 is 12.2. The highest BCUT2D eigenvalue weighted by atomic mass is 79.9. The van der Waals surface area contributed by atoms with Crippen LogP contribution < -0.4 is 9.47 Å². The summed E-state index contributed by atoms with van der Waals surface area (Å²) in [5.74, 6) is 1.65. The molecule has 0 saturated carbocycles. The van der Waals surface area contributed by atoms with Gasteiger partial charge in [0.1, 0.15) is 18.5 Å².